The van der Waals surface area contributed by atoms with Crippen LogP contribution in [0.15, 0.2) is 24.3 Å². The van der Waals surface area contributed by atoms with Gasteiger partial charge >= 0.3 is 0 Å². The van der Waals surface area contributed by atoms with Gasteiger partial charge in [0.05, 0.1) is 24.2 Å². The summed E-state index contributed by atoms with van der Waals surface area (Å²) < 4.78 is 0. The van der Waals surface area contributed by atoms with Crippen LogP contribution >= 0.6 is 0 Å². The van der Waals surface area contributed by atoms with Gasteiger partial charge in [0.15, 0.2) is 0 Å². The third-order valence-corrected chi connectivity index (χ3v) is 3.26. The van der Waals surface area contributed by atoms with Crippen molar-refractivity contribution in [3.8, 4) is 0 Å². The molecule has 0 bridgehead atoms. The van der Waals surface area contributed by atoms with Crippen molar-refractivity contribution in [1.82, 2.24) is 15.2 Å². The highest BCUT2D eigenvalue weighted by molar-refractivity contribution is 5.74. The molecule has 0 atom stereocenters. The summed E-state index contributed by atoms with van der Waals surface area (Å²) in [7, 11) is 0. The minimum atomic E-state index is -0.574. The van der Waals surface area contributed by atoms with E-state index in [4.69, 9.17) is 0 Å². The molecule has 5 heteroatoms. The highest BCUT2D eigenvalue weighted by atomic mass is 16.3. The third-order valence-electron chi connectivity index (χ3n) is 3.26. The van der Waals surface area contributed by atoms with Gasteiger partial charge in [-0.25, -0.2) is 4.98 Å². The lowest BCUT2D eigenvalue weighted by molar-refractivity contribution is 0.00750. The Morgan fingerprint density at radius 3 is 2.65 bits per heavy atom. The van der Waals surface area contributed by atoms with E-state index < -0.39 is 5.60 Å². The van der Waals surface area contributed by atoms with Crippen LogP contribution in [0.2, 0.25) is 0 Å². The van der Waals surface area contributed by atoms with Crippen LogP contribution in [-0.2, 0) is 0 Å². The number of β-amino-alcohol motifs (C(OH)–C–C–N with tert-alkyl or cyclic N) is 1. The smallest absolute Gasteiger partial charge is 0.246 e. The van der Waals surface area contributed by atoms with Crippen LogP contribution in [-0.4, -0.2) is 39.0 Å². The van der Waals surface area contributed by atoms with Gasteiger partial charge in [-0.2, -0.15) is 0 Å². The normalized spacial score (nSPS) is 18.1. The molecule has 0 aliphatic carbocycles. The molecule has 1 aliphatic heterocycles. The number of hydrogen-bond donors (Lipinski definition) is 1. The van der Waals surface area contributed by atoms with E-state index in [2.05, 4.69) is 15.2 Å². The number of rotatable bonds is 2. The summed E-state index contributed by atoms with van der Waals surface area (Å²) in [5.74, 6) is 0.599. The van der Waals surface area contributed by atoms with Crippen LogP contribution < -0.4 is 4.90 Å². The lowest BCUT2D eigenvalue weighted by atomic mass is 9.92. The summed E-state index contributed by atoms with van der Waals surface area (Å²) in [5, 5.41) is 18.2. The van der Waals surface area contributed by atoms with Crippen LogP contribution in [0, 0.1) is 0 Å². The quantitative estimate of drug-likeness (QED) is 0.833. The first-order valence-electron chi connectivity index (χ1n) is 5.77. The largest absolute Gasteiger partial charge is 0.386 e. The molecule has 1 fully saturated rings. The molecular weight excluding hydrogens is 216 g/mol. The zero-order valence-corrected chi connectivity index (χ0v) is 9.67. The van der Waals surface area contributed by atoms with Gasteiger partial charge in [0.1, 0.15) is 5.52 Å². The summed E-state index contributed by atoms with van der Waals surface area (Å²) in [6, 6.07) is 7.65. The Morgan fingerprint density at radius 1 is 1.24 bits per heavy atom. The van der Waals surface area contributed by atoms with Crippen molar-refractivity contribution in [2.75, 3.05) is 18.0 Å². The molecule has 88 valence electrons. The lowest BCUT2D eigenvalue weighted by Crippen LogP contribution is -2.62. The minimum Gasteiger partial charge on any atom is -0.386 e. The molecule has 0 unspecified atom stereocenters. The number of hydrogen-bond acceptors (Lipinski definition) is 5. The van der Waals surface area contributed by atoms with Crippen molar-refractivity contribution in [2.45, 2.75) is 18.9 Å². The fourth-order valence-electron chi connectivity index (χ4n) is 2.04. The molecule has 1 aliphatic rings. The molecular formula is C12H14N4O. The maximum atomic E-state index is 9.95. The van der Waals surface area contributed by atoms with Crippen molar-refractivity contribution in [2.24, 2.45) is 0 Å². The topological polar surface area (TPSA) is 62.1 Å². The van der Waals surface area contributed by atoms with Gasteiger partial charge in [0.25, 0.3) is 0 Å². The van der Waals surface area contributed by atoms with Gasteiger partial charge in [-0.15, -0.1) is 10.2 Å². The van der Waals surface area contributed by atoms with Crippen molar-refractivity contribution >= 4 is 17.0 Å². The average molecular weight is 230 g/mol. The second-order valence-corrected chi connectivity index (χ2v) is 4.53. The van der Waals surface area contributed by atoms with Crippen LogP contribution in [0.5, 0.6) is 0 Å². The molecule has 2 heterocycles. The summed E-state index contributed by atoms with van der Waals surface area (Å²) in [4.78, 5) is 6.39. The van der Waals surface area contributed by atoms with Crippen LogP contribution in [0.3, 0.4) is 0 Å². The maximum Gasteiger partial charge on any atom is 0.246 e. The second-order valence-electron chi connectivity index (χ2n) is 4.53. The van der Waals surface area contributed by atoms with Gasteiger partial charge in [-0.3, -0.25) is 0 Å². The van der Waals surface area contributed by atoms with Crippen molar-refractivity contribution in [3.05, 3.63) is 24.3 Å². The average Bonchev–Trinajstić information content (AvgIpc) is 2.34. The molecule has 17 heavy (non-hydrogen) atoms. The van der Waals surface area contributed by atoms with E-state index in [1.807, 2.05) is 36.1 Å². The number of anilines is 1. The predicted octanol–water partition coefficient (Wildman–Crippen LogP) is 0.986. The van der Waals surface area contributed by atoms with Gasteiger partial charge in [0, 0.05) is 0 Å². The Hall–Kier alpha value is -1.75. The number of fused-ring (bicyclic) bond motifs is 1. The van der Waals surface area contributed by atoms with Gasteiger partial charge in [-0.1, -0.05) is 19.1 Å². The zero-order chi connectivity index (χ0) is 11.9. The van der Waals surface area contributed by atoms with Crippen molar-refractivity contribution < 1.29 is 5.11 Å². The monoisotopic (exact) mass is 230 g/mol. The summed E-state index contributed by atoms with van der Waals surface area (Å²) in [6.45, 7) is 3.16. The third kappa shape index (κ3) is 1.72. The van der Waals surface area contributed by atoms with E-state index in [0.29, 0.717) is 19.0 Å². The highest BCUT2D eigenvalue weighted by Crippen LogP contribution is 2.27. The van der Waals surface area contributed by atoms with Crippen molar-refractivity contribution in [3.63, 3.8) is 0 Å². The zero-order valence-electron chi connectivity index (χ0n) is 9.67. The van der Waals surface area contributed by atoms with E-state index in [-0.39, 0.29) is 0 Å². The van der Waals surface area contributed by atoms with Gasteiger partial charge in [-0.05, 0) is 18.6 Å². The van der Waals surface area contributed by atoms with Crippen molar-refractivity contribution in [1.29, 1.82) is 0 Å². The Labute approximate surface area is 99.1 Å². The molecule has 0 saturated carbocycles. The Bertz CT molecular complexity index is 551. The molecule has 0 spiro atoms. The number of nitrogens with zero attached hydrogens (tertiary/aromatic N) is 4. The van der Waals surface area contributed by atoms with E-state index in [1.54, 1.807) is 0 Å². The molecule has 1 saturated heterocycles. The van der Waals surface area contributed by atoms with E-state index >= 15 is 0 Å². The number of aliphatic hydroxyl groups is 1. The standard InChI is InChI=1S/C12H14N4O/c1-2-12(17)7-16(8-12)11-13-9-5-3-4-6-10(9)14-15-11/h3-6,17H,2,7-8H2,1H3. The van der Waals surface area contributed by atoms with E-state index in [9.17, 15) is 5.11 Å². The summed E-state index contributed by atoms with van der Waals surface area (Å²) >= 11 is 0. The Morgan fingerprint density at radius 2 is 1.94 bits per heavy atom. The molecule has 1 aromatic heterocycles. The molecule has 3 rings (SSSR count). The summed E-state index contributed by atoms with van der Waals surface area (Å²) in [6.07, 6.45) is 0.754. The first-order chi connectivity index (χ1) is 8.20. The SMILES string of the molecule is CCC1(O)CN(c2nnc3ccccc3n2)C1. The van der Waals surface area contributed by atoms with E-state index in [0.717, 1.165) is 17.5 Å². The first-order valence-corrected chi connectivity index (χ1v) is 5.77. The molecule has 1 N–H and O–H groups in total. The second kappa shape index (κ2) is 3.63. The minimum absolute atomic E-state index is 0.574. The van der Waals surface area contributed by atoms with Gasteiger partial charge < -0.3 is 10.0 Å². The van der Waals surface area contributed by atoms with Gasteiger partial charge in [0.2, 0.25) is 5.95 Å². The first kappa shape index (κ1) is 10.4. The highest BCUT2D eigenvalue weighted by Gasteiger charge is 2.40. The van der Waals surface area contributed by atoms with Crippen LogP contribution in [0.1, 0.15) is 13.3 Å². The molecule has 1 aromatic carbocycles. The predicted molar refractivity (Wildman–Crippen MR) is 64.8 cm³/mol. The number of para-hydroxylation sites is 1. The summed E-state index contributed by atoms with van der Waals surface area (Å²) in [5.41, 5.74) is 1.06. The molecule has 0 amide bonds. The fourth-order valence-corrected chi connectivity index (χ4v) is 2.04. The van der Waals surface area contributed by atoms with E-state index in [1.165, 1.54) is 0 Å². The van der Waals surface area contributed by atoms with Crippen LogP contribution in [0.25, 0.3) is 11.0 Å². The van der Waals surface area contributed by atoms with Crippen LogP contribution in [0.4, 0.5) is 5.95 Å². The molecule has 2 aromatic rings. The number of aromatic nitrogens is 3. The molecule has 0 radical (unpaired) electrons. The number of benzene rings is 1. The molecule has 5 nitrogen and oxygen atoms in total. The lowest BCUT2D eigenvalue weighted by Gasteiger charge is -2.45. The Kier molecular flexibility index (Phi) is 2.22. The maximum absolute atomic E-state index is 9.95. The Balaban J connectivity index is 1.88. The fraction of sp³-hybridized carbons (Fsp3) is 0.417.